The number of nitrogens with zero attached hydrogens (tertiary/aromatic N) is 2. The first-order chi connectivity index (χ1) is 19.3. The predicted molar refractivity (Wildman–Crippen MR) is 165 cm³/mol. The molecule has 1 fully saturated rings. The molecule has 0 unspecified atom stereocenters. The number of unbranched alkanes of at least 4 members (excludes halogenated alkanes) is 20. The first-order valence-electron chi connectivity index (χ1n) is 17.1. The van der Waals surface area contributed by atoms with Crippen molar-refractivity contribution in [2.75, 3.05) is 0 Å². The molecule has 0 amide bonds. The van der Waals surface area contributed by atoms with Crippen LogP contribution in [-0.2, 0) is 30.7 Å². The van der Waals surface area contributed by atoms with E-state index >= 15 is 0 Å². The Balaban J connectivity index is -0.000000548. The molecule has 1 saturated carbocycles. The number of carboxylic acids is 2. The van der Waals surface area contributed by atoms with Crippen molar-refractivity contribution in [3.05, 3.63) is 11.5 Å². The van der Waals surface area contributed by atoms with Gasteiger partial charge in [0.05, 0.1) is 0 Å². The summed E-state index contributed by atoms with van der Waals surface area (Å²) in [6, 6.07) is -0.882. The molecule has 244 valence electrons. The van der Waals surface area contributed by atoms with Crippen molar-refractivity contribution in [3.63, 3.8) is 0 Å². The maximum atomic E-state index is 10.1. The number of carbonyl (C=O) groups is 2. The molecule has 1 rings (SSSR count). The van der Waals surface area contributed by atoms with Gasteiger partial charge in [0.25, 0.3) is 0 Å². The Morgan fingerprint density at radius 3 is 0.902 bits per heavy atom. The van der Waals surface area contributed by atoms with E-state index in [1.54, 1.807) is 0 Å². The third kappa shape index (κ3) is 41.7. The summed E-state index contributed by atoms with van der Waals surface area (Å²) in [6.07, 6.45) is 31.8. The van der Waals surface area contributed by atoms with E-state index in [2.05, 4.69) is 13.8 Å². The Morgan fingerprint density at radius 2 is 0.707 bits per heavy atom. The zero-order valence-corrected chi connectivity index (χ0v) is 29.1. The van der Waals surface area contributed by atoms with Crippen molar-refractivity contribution in [2.24, 2.45) is 0 Å². The minimum Gasteiger partial charge on any atom is -0.806 e. The number of aliphatic carboxylic acids is 2. The number of hydrogen-bond acceptors (Lipinski definition) is 4. The van der Waals surface area contributed by atoms with Gasteiger partial charge in [0.2, 0.25) is 0 Å². The predicted octanol–water partition coefficient (Wildman–Crippen LogP) is 8.85. The Labute approximate surface area is 269 Å². The topological polar surface area (TPSA) is 125 Å². The van der Waals surface area contributed by atoms with E-state index in [4.69, 9.17) is 11.5 Å². The van der Waals surface area contributed by atoms with E-state index in [0.717, 1.165) is 51.4 Å². The molecule has 2 atom stereocenters. The largest absolute Gasteiger partial charge is 4.00 e. The molecule has 0 aromatic heterocycles. The molecule has 0 saturated heterocycles. The molecule has 0 aromatic rings. The quantitative estimate of drug-likeness (QED) is 0.0912. The van der Waals surface area contributed by atoms with Gasteiger partial charge in [-0.15, -0.1) is 0 Å². The van der Waals surface area contributed by atoms with Crippen LogP contribution < -0.4 is 10.2 Å². The molecular formula is C34H64N2O4Pt. The van der Waals surface area contributed by atoms with Crippen molar-refractivity contribution in [1.29, 1.82) is 0 Å². The fourth-order valence-corrected chi connectivity index (χ4v) is 4.96. The van der Waals surface area contributed by atoms with Crippen LogP contribution in [0.2, 0.25) is 0 Å². The summed E-state index contributed by atoms with van der Waals surface area (Å²) in [6.45, 7) is 4.49. The fourth-order valence-electron chi connectivity index (χ4n) is 4.96. The molecule has 6 nitrogen and oxygen atoms in total. The van der Waals surface area contributed by atoms with Crippen LogP contribution in [0.25, 0.3) is 11.5 Å². The summed E-state index contributed by atoms with van der Waals surface area (Å²) < 4.78 is 0. The van der Waals surface area contributed by atoms with E-state index < -0.39 is 24.0 Å². The second-order valence-electron chi connectivity index (χ2n) is 11.7. The van der Waals surface area contributed by atoms with Crippen LogP contribution in [0.15, 0.2) is 0 Å². The van der Waals surface area contributed by atoms with Crippen molar-refractivity contribution in [1.82, 2.24) is 0 Å². The summed E-state index contributed by atoms with van der Waals surface area (Å²) in [7, 11) is 0. The Kier molecular flexibility index (Phi) is 41.2. The van der Waals surface area contributed by atoms with Gasteiger partial charge in [-0.25, -0.2) is 0 Å². The minimum atomic E-state index is -0.907. The van der Waals surface area contributed by atoms with Gasteiger partial charge in [0, 0.05) is 11.9 Å². The van der Waals surface area contributed by atoms with Crippen LogP contribution in [0.1, 0.15) is 194 Å². The minimum absolute atomic E-state index is 0. The first kappa shape index (κ1) is 45.0. The maximum absolute atomic E-state index is 10.1. The monoisotopic (exact) mass is 759 g/mol. The van der Waals surface area contributed by atoms with Gasteiger partial charge in [-0.05, 0) is 25.7 Å². The van der Waals surface area contributed by atoms with Crippen molar-refractivity contribution in [2.45, 2.75) is 206 Å². The molecule has 0 heterocycles. The smallest absolute Gasteiger partial charge is 0.806 e. The van der Waals surface area contributed by atoms with E-state index in [1.165, 1.54) is 116 Å². The molecule has 1 aliphatic rings. The van der Waals surface area contributed by atoms with E-state index in [0.29, 0.717) is 0 Å². The molecule has 2 radical (unpaired) electrons. The summed E-state index contributed by atoms with van der Waals surface area (Å²) in [4.78, 5) is 20.3. The Bertz CT molecular complexity index is 491. The standard InChI is InChI=1S/2C14H28O2.C6H10N2.Pt/c2*1-2-3-4-5-6-7-8-9-10-11-12-13-14(15)16;7-5-3-1-2-4-6(5)8;/h2*2-13H2,1H3,(H,15,16);5-6H,1-4H2;/q;;-2;+4/p-2/t;;5-,6-;/m..1./s1. The number of carbonyl (C=O) groups excluding carboxylic acids is 2. The molecule has 0 N–H and O–H groups in total. The summed E-state index contributed by atoms with van der Waals surface area (Å²) >= 11 is 0. The summed E-state index contributed by atoms with van der Waals surface area (Å²) in [5.41, 5.74) is 17.9. The van der Waals surface area contributed by atoms with Gasteiger partial charge < -0.3 is 31.3 Å². The summed E-state index contributed by atoms with van der Waals surface area (Å²) in [5.74, 6) is -1.81. The van der Waals surface area contributed by atoms with Crippen LogP contribution in [-0.4, -0.2) is 24.0 Å². The van der Waals surface area contributed by atoms with Crippen molar-refractivity contribution >= 4 is 11.9 Å². The van der Waals surface area contributed by atoms with Gasteiger partial charge in [-0.2, -0.15) is 12.1 Å². The maximum Gasteiger partial charge on any atom is 4.00 e. The molecule has 1 aliphatic carbocycles. The van der Waals surface area contributed by atoms with Crippen LogP contribution in [0.4, 0.5) is 0 Å². The second-order valence-corrected chi connectivity index (χ2v) is 11.7. The zero-order valence-electron chi connectivity index (χ0n) is 26.8. The molecule has 0 bridgehead atoms. The molecular weight excluding hydrogens is 695 g/mol. The van der Waals surface area contributed by atoms with Crippen LogP contribution in [0.3, 0.4) is 0 Å². The number of carboxylic acid groups (broad SMARTS) is 2. The SMILES string of the molecule is CCCCCCCCCCCCCC(=O)[O-].CCCCCCCCCCCCCC(=O)[O-].[N-][C@@H]1CCCC[C@H]1[N-].[Pt+4]. The third-order valence-electron chi connectivity index (χ3n) is 7.66. The van der Waals surface area contributed by atoms with Gasteiger partial charge in [-0.1, -0.05) is 168 Å². The zero-order chi connectivity index (χ0) is 30.1. The van der Waals surface area contributed by atoms with E-state index in [9.17, 15) is 19.8 Å². The Hall–Kier alpha value is -0.452. The summed E-state index contributed by atoms with van der Waals surface area (Å²) in [5, 5.41) is 20.3. The number of rotatable bonds is 24. The first-order valence-corrected chi connectivity index (χ1v) is 17.1. The van der Waals surface area contributed by atoms with Gasteiger partial charge in [0.15, 0.2) is 0 Å². The fraction of sp³-hybridized carbons (Fsp3) is 0.941. The molecule has 0 aliphatic heterocycles. The Morgan fingerprint density at radius 1 is 0.488 bits per heavy atom. The third-order valence-corrected chi connectivity index (χ3v) is 7.66. The average Bonchev–Trinajstić information content (AvgIpc) is 2.92. The van der Waals surface area contributed by atoms with Crippen LogP contribution in [0.5, 0.6) is 0 Å². The van der Waals surface area contributed by atoms with Crippen LogP contribution >= 0.6 is 0 Å². The molecule has 0 aromatic carbocycles. The van der Waals surface area contributed by atoms with Gasteiger partial charge in [-0.3, -0.25) is 0 Å². The average molecular weight is 760 g/mol. The molecule has 0 spiro atoms. The number of hydrogen-bond donors (Lipinski definition) is 0. The molecule has 7 heteroatoms. The molecule has 41 heavy (non-hydrogen) atoms. The second kappa shape index (κ2) is 37.6. The van der Waals surface area contributed by atoms with Gasteiger partial charge in [0.1, 0.15) is 0 Å². The normalized spacial score (nSPS) is 16.0. The van der Waals surface area contributed by atoms with E-state index in [-0.39, 0.29) is 33.9 Å². The van der Waals surface area contributed by atoms with E-state index in [1.807, 2.05) is 0 Å². The van der Waals surface area contributed by atoms with Crippen molar-refractivity contribution in [3.8, 4) is 0 Å². The van der Waals surface area contributed by atoms with Crippen molar-refractivity contribution < 1.29 is 40.9 Å². The van der Waals surface area contributed by atoms with Gasteiger partial charge >= 0.3 is 21.1 Å². The van der Waals surface area contributed by atoms with Crippen LogP contribution in [0, 0.1) is 0 Å².